The highest BCUT2D eigenvalue weighted by atomic mass is 127. The average Bonchev–Trinajstić information content (AvgIpc) is 1.88. The van der Waals surface area contributed by atoms with Gasteiger partial charge >= 0.3 is 0 Å². The first-order valence-corrected chi connectivity index (χ1v) is 4.09. The summed E-state index contributed by atoms with van der Waals surface area (Å²) in [6.07, 6.45) is 1.45. The van der Waals surface area contributed by atoms with E-state index >= 15 is 0 Å². The lowest BCUT2D eigenvalue weighted by molar-refractivity contribution is -0.107. The van der Waals surface area contributed by atoms with Crippen LogP contribution in [0.15, 0.2) is 24.3 Å². The van der Waals surface area contributed by atoms with Crippen molar-refractivity contribution in [2.75, 3.05) is 0 Å². The third-order valence-electron chi connectivity index (χ3n) is 1.21. The lowest BCUT2D eigenvalue weighted by Crippen LogP contribution is -1.84. The van der Waals surface area contributed by atoms with Crippen LogP contribution in [-0.2, 0) is 11.2 Å². The largest absolute Gasteiger partial charge is 0.303 e. The maximum absolute atomic E-state index is 10.1. The molecule has 0 atom stereocenters. The summed E-state index contributed by atoms with van der Waals surface area (Å²) in [4.78, 5) is 10.1. The van der Waals surface area contributed by atoms with E-state index in [1.165, 1.54) is 3.57 Å². The zero-order valence-corrected chi connectivity index (χ0v) is 7.54. The summed E-state index contributed by atoms with van der Waals surface area (Å²) in [5.74, 6) is 0. The van der Waals surface area contributed by atoms with E-state index in [4.69, 9.17) is 0 Å². The smallest absolute Gasteiger partial charge is 0.124 e. The van der Waals surface area contributed by atoms with Gasteiger partial charge in [0.2, 0.25) is 0 Å². The molecule has 0 fully saturated rings. The van der Waals surface area contributed by atoms with Gasteiger partial charge < -0.3 is 4.79 Å². The molecule has 0 N–H and O–H groups in total. The fourth-order valence-corrected chi connectivity index (χ4v) is 1.37. The molecule has 0 unspecified atom stereocenters. The van der Waals surface area contributed by atoms with Crippen LogP contribution in [0.5, 0.6) is 0 Å². The molecule has 0 aliphatic rings. The number of rotatable bonds is 2. The number of aldehydes is 1. The quantitative estimate of drug-likeness (QED) is 0.576. The van der Waals surface area contributed by atoms with Gasteiger partial charge in [0.1, 0.15) is 6.29 Å². The molecule has 52 valence electrons. The van der Waals surface area contributed by atoms with Gasteiger partial charge in [-0.2, -0.15) is 0 Å². The lowest BCUT2D eigenvalue weighted by Gasteiger charge is -1.93. The number of hydrogen-bond donors (Lipinski definition) is 0. The van der Waals surface area contributed by atoms with Gasteiger partial charge in [0.05, 0.1) is 0 Å². The second-order valence-electron chi connectivity index (χ2n) is 2.00. The van der Waals surface area contributed by atoms with E-state index in [-0.39, 0.29) is 0 Å². The van der Waals surface area contributed by atoms with Crippen molar-refractivity contribution < 1.29 is 4.79 Å². The topological polar surface area (TPSA) is 17.1 Å². The molecule has 0 spiro atoms. The Hall–Kier alpha value is -0.380. The van der Waals surface area contributed by atoms with E-state index in [0.717, 1.165) is 11.8 Å². The van der Waals surface area contributed by atoms with Crippen LogP contribution in [0.3, 0.4) is 0 Å². The summed E-state index contributed by atoms with van der Waals surface area (Å²) in [5, 5.41) is 0. The van der Waals surface area contributed by atoms with E-state index < -0.39 is 0 Å². The molecule has 0 saturated heterocycles. The van der Waals surface area contributed by atoms with Crippen LogP contribution in [0.25, 0.3) is 0 Å². The molecule has 1 rings (SSSR count). The molecular weight excluding hydrogens is 239 g/mol. The molecule has 1 nitrogen and oxygen atoms in total. The molecular formula is C8H7IO. The van der Waals surface area contributed by atoms with Crippen LogP contribution in [0, 0.1) is 3.57 Å². The van der Waals surface area contributed by atoms with Crippen LogP contribution < -0.4 is 0 Å². The van der Waals surface area contributed by atoms with E-state index in [0.29, 0.717) is 6.42 Å². The predicted molar refractivity (Wildman–Crippen MR) is 48.9 cm³/mol. The minimum Gasteiger partial charge on any atom is -0.303 e. The fraction of sp³-hybridized carbons (Fsp3) is 0.125. The molecule has 0 aliphatic heterocycles. The minimum atomic E-state index is 0.525. The first-order valence-electron chi connectivity index (χ1n) is 3.01. The fourth-order valence-electron chi connectivity index (χ4n) is 0.760. The highest BCUT2D eigenvalue weighted by molar-refractivity contribution is 14.1. The third kappa shape index (κ3) is 2.10. The molecule has 10 heavy (non-hydrogen) atoms. The van der Waals surface area contributed by atoms with Crippen molar-refractivity contribution in [1.29, 1.82) is 0 Å². The summed E-state index contributed by atoms with van der Waals surface area (Å²) < 4.78 is 1.18. The monoisotopic (exact) mass is 246 g/mol. The molecule has 0 heterocycles. The number of benzene rings is 1. The molecule has 0 amide bonds. The summed E-state index contributed by atoms with van der Waals surface area (Å²) in [6.45, 7) is 0. The van der Waals surface area contributed by atoms with Crippen molar-refractivity contribution in [2.24, 2.45) is 0 Å². The minimum absolute atomic E-state index is 0.525. The van der Waals surface area contributed by atoms with Gasteiger partial charge in [0, 0.05) is 9.99 Å². The number of carbonyl (C=O) groups excluding carboxylic acids is 1. The molecule has 0 radical (unpaired) electrons. The Kier molecular flexibility index (Phi) is 2.86. The predicted octanol–water partition coefficient (Wildman–Crippen LogP) is 2.03. The SMILES string of the molecule is O=CCc1cccc(I)c1. The summed E-state index contributed by atoms with van der Waals surface area (Å²) in [6, 6.07) is 7.93. The van der Waals surface area contributed by atoms with E-state index in [9.17, 15) is 4.79 Å². The molecule has 1 aromatic rings. The number of hydrogen-bond acceptors (Lipinski definition) is 1. The third-order valence-corrected chi connectivity index (χ3v) is 1.88. The maximum atomic E-state index is 10.1. The number of halogens is 1. The van der Waals surface area contributed by atoms with Crippen molar-refractivity contribution in [3.63, 3.8) is 0 Å². The maximum Gasteiger partial charge on any atom is 0.124 e. The first kappa shape index (κ1) is 7.72. The molecule has 0 aromatic heterocycles. The van der Waals surface area contributed by atoms with Crippen molar-refractivity contribution in [3.8, 4) is 0 Å². The standard InChI is InChI=1S/C8H7IO/c9-8-3-1-2-7(6-8)4-5-10/h1-3,5-6H,4H2. The Bertz CT molecular complexity index is 232. The molecule has 0 saturated carbocycles. The second-order valence-corrected chi connectivity index (χ2v) is 3.25. The Labute approximate surface area is 73.6 Å². The van der Waals surface area contributed by atoms with Gasteiger partial charge in [-0.15, -0.1) is 0 Å². The highest BCUT2D eigenvalue weighted by Gasteiger charge is 1.90. The summed E-state index contributed by atoms with van der Waals surface area (Å²) >= 11 is 2.23. The van der Waals surface area contributed by atoms with Gasteiger partial charge in [0.15, 0.2) is 0 Å². The molecule has 0 aliphatic carbocycles. The molecule has 1 aromatic carbocycles. The number of carbonyl (C=O) groups is 1. The Balaban J connectivity index is 2.84. The first-order chi connectivity index (χ1) is 4.83. The zero-order chi connectivity index (χ0) is 7.40. The van der Waals surface area contributed by atoms with Gasteiger partial charge in [-0.1, -0.05) is 12.1 Å². The van der Waals surface area contributed by atoms with Crippen molar-refractivity contribution >= 4 is 28.9 Å². The van der Waals surface area contributed by atoms with Crippen molar-refractivity contribution in [1.82, 2.24) is 0 Å². The van der Waals surface area contributed by atoms with Gasteiger partial charge in [-0.3, -0.25) is 0 Å². The van der Waals surface area contributed by atoms with Crippen LogP contribution in [-0.4, -0.2) is 6.29 Å². The Morgan fingerprint density at radius 2 is 2.30 bits per heavy atom. The normalized spacial score (nSPS) is 9.30. The molecule has 2 heteroatoms. The van der Waals surface area contributed by atoms with Crippen LogP contribution in [0.4, 0.5) is 0 Å². The van der Waals surface area contributed by atoms with E-state index in [1.807, 2.05) is 24.3 Å². The summed E-state index contributed by atoms with van der Waals surface area (Å²) in [7, 11) is 0. The second kappa shape index (κ2) is 3.71. The van der Waals surface area contributed by atoms with E-state index in [1.54, 1.807) is 0 Å². The van der Waals surface area contributed by atoms with Gasteiger partial charge in [-0.25, -0.2) is 0 Å². The van der Waals surface area contributed by atoms with Gasteiger partial charge in [-0.05, 0) is 40.3 Å². The van der Waals surface area contributed by atoms with Crippen LogP contribution in [0.2, 0.25) is 0 Å². The van der Waals surface area contributed by atoms with Gasteiger partial charge in [0.25, 0.3) is 0 Å². The molecule has 0 bridgehead atoms. The summed E-state index contributed by atoms with van der Waals surface area (Å²) in [5.41, 5.74) is 1.09. The lowest BCUT2D eigenvalue weighted by atomic mass is 10.2. The zero-order valence-electron chi connectivity index (χ0n) is 5.38. The highest BCUT2D eigenvalue weighted by Crippen LogP contribution is 2.06. The van der Waals surface area contributed by atoms with E-state index in [2.05, 4.69) is 22.6 Å². The average molecular weight is 246 g/mol. The van der Waals surface area contributed by atoms with Crippen molar-refractivity contribution in [3.05, 3.63) is 33.4 Å². The Morgan fingerprint density at radius 3 is 2.90 bits per heavy atom. The van der Waals surface area contributed by atoms with Crippen LogP contribution in [0.1, 0.15) is 5.56 Å². The Morgan fingerprint density at radius 1 is 1.50 bits per heavy atom. The van der Waals surface area contributed by atoms with Crippen molar-refractivity contribution in [2.45, 2.75) is 6.42 Å². The van der Waals surface area contributed by atoms with Crippen LogP contribution >= 0.6 is 22.6 Å².